The molecule has 0 aromatic carbocycles. The third kappa shape index (κ3) is 1.85. The van der Waals surface area contributed by atoms with E-state index in [-0.39, 0.29) is 0 Å². The van der Waals surface area contributed by atoms with Gasteiger partial charge < -0.3 is 15.5 Å². The molecule has 0 radical (unpaired) electrons. The van der Waals surface area contributed by atoms with Crippen LogP contribution in [0.3, 0.4) is 0 Å². The largest absolute Gasteiger partial charge is 0.469 e. The van der Waals surface area contributed by atoms with E-state index in [1.807, 2.05) is 13.0 Å². The first-order valence-corrected chi connectivity index (χ1v) is 4.20. The Morgan fingerprint density at radius 3 is 3.07 bits per heavy atom. The Bertz CT molecular complexity index is 379. The lowest BCUT2D eigenvalue weighted by Crippen LogP contribution is -1.99. The Hall–Kier alpha value is -1.98. The Balaban J connectivity index is 1.94. The molecule has 2 aromatic heterocycles. The van der Waals surface area contributed by atoms with Gasteiger partial charge in [0.1, 0.15) is 5.76 Å². The van der Waals surface area contributed by atoms with Crippen molar-refractivity contribution in [3.05, 3.63) is 23.7 Å². The number of nitrogens with one attached hydrogen (secondary N) is 2. The summed E-state index contributed by atoms with van der Waals surface area (Å²) in [5.41, 5.74) is 6.41. The predicted molar refractivity (Wildman–Crippen MR) is 51.6 cm³/mol. The minimum atomic E-state index is 0.302. The van der Waals surface area contributed by atoms with E-state index >= 15 is 0 Å². The summed E-state index contributed by atoms with van der Waals surface area (Å²) in [5.74, 6) is 1.67. The number of nitrogen functional groups attached to an aromatic ring is 1. The molecule has 0 saturated heterocycles. The molecule has 4 N–H and O–H groups in total. The third-order valence-corrected chi connectivity index (χ3v) is 1.74. The fourth-order valence-electron chi connectivity index (χ4n) is 1.12. The van der Waals surface area contributed by atoms with Crippen LogP contribution in [-0.4, -0.2) is 15.2 Å². The molecule has 0 amide bonds. The van der Waals surface area contributed by atoms with Gasteiger partial charge in [-0.15, -0.1) is 5.10 Å². The monoisotopic (exact) mass is 193 g/mol. The topological polar surface area (TPSA) is 92.8 Å². The number of rotatable bonds is 3. The van der Waals surface area contributed by atoms with Crippen molar-refractivity contribution in [2.75, 3.05) is 11.1 Å². The van der Waals surface area contributed by atoms with Crippen molar-refractivity contribution in [1.82, 2.24) is 15.2 Å². The van der Waals surface area contributed by atoms with Gasteiger partial charge in [0, 0.05) is 12.1 Å². The first kappa shape index (κ1) is 8.61. The molecule has 2 heterocycles. The molecule has 0 spiro atoms. The number of H-pyrrole nitrogens is 1. The van der Waals surface area contributed by atoms with Gasteiger partial charge in [0.2, 0.25) is 11.9 Å². The molecule has 2 rings (SSSR count). The summed E-state index contributed by atoms with van der Waals surface area (Å²) >= 11 is 0. The summed E-state index contributed by atoms with van der Waals surface area (Å²) in [4.78, 5) is 3.90. The zero-order valence-electron chi connectivity index (χ0n) is 7.74. The Kier molecular flexibility index (Phi) is 2.10. The van der Waals surface area contributed by atoms with Crippen LogP contribution in [0, 0.1) is 6.92 Å². The van der Waals surface area contributed by atoms with Crippen molar-refractivity contribution in [3.63, 3.8) is 0 Å². The van der Waals surface area contributed by atoms with Crippen molar-refractivity contribution < 1.29 is 4.42 Å². The van der Waals surface area contributed by atoms with Crippen LogP contribution in [0.25, 0.3) is 0 Å². The number of aryl methyl sites for hydroxylation is 1. The maximum absolute atomic E-state index is 5.36. The highest BCUT2D eigenvalue weighted by atomic mass is 16.3. The van der Waals surface area contributed by atoms with Crippen LogP contribution in [0.15, 0.2) is 16.7 Å². The number of nitrogens with two attached hydrogens (primary N) is 1. The summed E-state index contributed by atoms with van der Waals surface area (Å²) in [6.07, 6.45) is 1.69. The molecule has 2 aromatic rings. The van der Waals surface area contributed by atoms with Crippen molar-refractivity contribution in [2.45, 2.75) is 13.5 Å². The average molecular weight is 193 g/mol. The van der Waals surface area contributed by atoms with Crippen molar-refractivity contribution in [2.24, 2.45) is 0 Å². The number of aromatic nitrogens is 3. The molecule has 74 valence electrons. The smallest absolute Gasteiger partial charge is 0.243 e. The number of hydrogen-bond acceptors (Lipinski definition) is 5. The van der Waals surface area contributed by atoms with Gasteiger partial charge in [0.25, 0.3) is 0 Å². The normalized spacial score (nSPS) is 10.4. The maximum atomic E-state index is 5.36. The summed E-state index contributed by atoms with van der Waals surface area (Å²) < 4.78 is 5.14. The quantitative estimate of drug-likeness (QED) is 0.673. The Morgan fingerprint density at radius 2 is 2.50 bits per heavy atom. The van der Waals surface area contributed by atoms with Gasteiger partial charge in [0.15, 0.2) is 0 Å². The van der Waals surface area contributed by atoms with Crippen molar-refractivity contribution in [1.29, 1.82) is 0 Å². The van der Waals surface area contributed by atoms with Crippen molar-refractivity contribution in [3.8, 4) is 0 Å². The highest BCUT2D eigenvalue weighted by Gasteiger charge is 2.01. The molecular weight excluding hydrogens is 182 g/mol. The van der Waals surface area contributed by atoms with Crippen LogP contribution in [0.1, 0.15) is 11.3 Å². The third-order valence-electron chi connectivity index (χ3n) is 1.74. The Labute approximate surface area is 80.5 Å². The fraction of sp³-hybridized carbons (Fsp3) is 0.250. The summed E-state index contributed by atoms with van der Waals surface area (Å²) in [5, 5.41) is 9.38. The number of anilines is 2. The molecule has 0 unspecified atom stereocenters. The lowest BCUT2D eigenvalue weighted by Gasteiger charge is -1.96. The second-order valence-electron chi connectivity index (χ2n) is 2.96. The van der Waals surface area contributed by atoms with Gasteiger partial charge in [-0.1, -0.05) is 0 Å². The average Bonchev–Trinajstić information content (AvgIpc) is 2.72. The summed E-state index contributed by atoms with van der Waals surface area (Å²) in [6.45, 7) is 2.52. The van der Waals surface area contributed by atoms with Crippen molar-refractivity contribution >= 4 is 11.9 Å². The molecule has 0 bridgehead atoms. The molecule has 0 aliphatic heterocycles. The van der Waals surface area contributed by atoms with E-state index in [9.17, 15) is 0 Å². The molecule has 0 saturated carbocycles. The first-order chi connectivity index (χ1) is 6.74. The van der Waals surface area contributed by atoms with Gasteiger partial charge in [-0.2, -0.15) is 4.98 Å². The zero-order valence-corrected chi connectivity index (χ0v) is 7.74. The van der Waals surface area contributed by atoms with Crippen LogP contribution in [0.5, 0.6) is 0 Å². The standard InChI is InChI=1S/C8H11N5O/c1-5-2-6(4-14-5)3-10-8-11-7(9)12-13-8/h2,4H,3H2,1H3,(H4,9,10,11,12,13). The molecule has 6 nitrogen and oxygen atoms in total. The molecule has 0 atom stereocenters. The van der Waals surface area contributed by atoms with Crippen LogP contribution < -0.4 is 11.1 Å². The molecule has 0 aliphatic rings. The fourth-order valence-corrected chi connectivity index (χ4v) is 1.12. The van der Waals surface area contributed by atoms with Crippen LogP contribution in [0.2, 0.25) is 0 Å². The summed E-state index contributed by atoms with van der Waals surface area (Å²) in [6, 6.07) is 1.95. The van der Waals surface area contributed by atoms with Crippen LogP contribution >= 0.6 is 0 Å². The number of hydrogen-bond donors (Lipinski definition) is 3. The minimum absolute atomic E-state index is 0.302. The second kappa shape index (κ2) is 3.41. The molecule has 0 aliphatic carbocycles. The number of furan rings is 1. The van der Waals surface area contributed by atoms with Gasteiger partial charge in [-0.3, -0.25) is 0 Å². The lowest BCUT2D eigenvalue weighted by molar-refractivity contribution is 0.532. The highest BCUT2D eigenvalue weighted by Crippen LogP contribution is 2.08. The summed E-state index contributed by atoms with van der Waals surface area (Å²) in [7, 11) is 0. The zero-order chi connectivity index (χ0) is 9.97. The van der Waals surface area contributed by atoms with E-state index in [0.29, 0.717) is 18.4 Å². The number of aromatic amines is 1. The lowest BCUT2D eigenvalue weighted by atomic mass is 10.3. The molecule has 14 heavy (non-hydrogen) atoms. The Morgan fingerprint density at radius 1 is 1.64 bits per heavy atom. The molecular formula is C8H11N5O. The molecule has 0 fully saturated rings. The highest BCUT2D eigenvalue weighted by molar-refractivity contribution is 5.31. The molecule has 6 heteroatoms. The van der Waals surface area contributed by atoms with Gasteiger partial charge in [-0.25, -0.2) is 5.10 Å². The predicted octanol–water partition coefficient (Wildman–Crippen LogP) is 0.900. The SMILES string of the molecule is Cc1cc(CNc2n[nH]c(N)n2)co1. The number of nitrogens with zero attached hydrogens (tertiary/aromatic N) is 2. The van der Waals surface area contributed by atoms with Crippen LogP contribution in [-0.2, 0) is 6.54 Å². The van der Waals surface area contributed by atoms with E-state index in [0.717, 1.165) is 11.3 Å². The van der Waals surface area contributed by atoms with E-state index < -0.39 is 0 Å². The second-order valence-corrected chi connectivity index (χ2v) is 2.96. The van der Waals surface area contributed by atoms with Gasteiger partial charge >= 0.3 is 0 Å². The van der Waals surface area contributed by atoms with Gasteiger partial charge in [-0.05, 0) is 13.0 Å². The minimum Gasteiger partial charge on any atom is -0.469 e. The van der Waals surface area contributed by atoms with E-state index in [2.05, 4.69) is 20.5 Å². The maximum Gasteiger partial charge on any atom is 0.243 e. The van der Waals surface area contributed by atoms with E-state index in [1.54, 1.807) is 6.26 Å². The van der Waals surface area contributed by atoms with Gasteiger partial charge in [0.05, 0.1) is 6.26 Å². The first-order valence-electron chi connectivity index (χ1n) is 4.20. The van der Waals surface area contributed by atoms with E-state index in [1.165, 1.54) is 0 Å². The van der Waals surface area contributed by atoms with Crippen LogP contribution in [0.4, 0.5) is 11.9 Å². The van der Waals surface area contributed by atoms with E-state index in [4.69, 9.17) is 10.2 Å².